The van der Waals surface area contributed by atoms with Gasteiger partial charge in [-0.1, -0.05) is 6.07 Å². The number of hydrogen-bond acceptors (Lipinski definition) is 5. The molecule has 7 nitrogen and oxygen atoms in total. The maximum Gasteiger partial charge on any atom is 0.274 e. The van der Waals surface area contributed by atoms with Gasteiger partial charge in [0, 0.05) is 39.6 Å². The first kappa shape index (κ1) is 15.5. The summed E-state index contributed by atoms with van der Waals surface area (Å²) in [7, 11) is 3.46. The maximum atomic E-state index is 12.4. The first-order chi connectivity index (χ1) is 11.0. The van der Waals surface area contributed by atoms with Crippen LogP contribution in [0.5, 0.6) is 0 Å². The number of amides is 1. The minimum Gasteiger partial charge on any atom is -0.386 e. The Morgan fingerprint density at radius 2 is 2.26 bits per heavy atom. The van der Waals surface area contributed by atoms with Crippen LogP contribution in [0.25, 0.3) is 0 Å². The van der Waals surface area contributed by atoms with E-state index >= 15 is 0 Å². The van der Waals surface area contributed by atoms with E-state index in [1.54, 1.807) is 37.2 Å². The van der Waals surface area contributed by atoms with Gasteiger partial charge in [0.05, 0.1) is 6.54 Å². The quantitative estimate of drug-likeness (QED) is 0.891. The fourth-order valence-corrected chi connectivity index (χ4v) is 2.96. The number of aliphatic hydroxyl groups is 1. The van der Waals surface area contributed by atoms with Crippen molar-refractivity contribution < 1.29 is 9.90 Å². The predicted octanol–water partition coefficient (Wildman–Crippen LogP) is 0.528. The molecule has 1 N–H and O–H groups in total. The average Bonchev–Trinajstić information content (AvgIpc) is 3.14. The van der Waals surface area contributed by atoms with Gasteiger partial charge in [-0.05, 0) is 24.6 Å². The molecule has 1 unspecified atom stereocenters. The van der Waals surface area contributed by atoms with Crippen molar-refractivity contribution in [2.24, 2.45) is 7.05 Å². The molecule has 7 heteroatoms. The van der Waals surface area contributed by atoms with Crippen molar-refractivity contribution in [2.75, 3.05) is 31.6 Å². The zero-order valence-corrected chi connectivity index (χ0v) is 13.4. The Labute approximate surface area is 135 Å². The number of aryl methyl sites for hydroxylation is 1. The van der Waals surface area contributed by atoms with Gasteiger partial charge in [-0.3, -0.25) is 9.48 Å². The summed E-state index contributed by atoms with van der Waals surface area (Å²) in [6, 6.07) is 7.40. The van der Waals surface area contributed by atoms with Crippen molar-refractivity contribution in [2.45, 2.75) is 12.0 Å². The van der Waals surface area contributed by atoms with Gasteiger partial charge in [0.15, 0.2) is 0 Å². The van der Waals surface area contributed by atoms with Gasteiger partial charge in [0.2, 0.25) is 0 Å². The average molecular weight is 315 g/mol. The third kappa shape index (κ3) is 3.34. The summed E-state index contributed by atoms with van der Waals surface area (Å²) in [6.45, 7) is 1.45. The number of likely N-dealkylation sites (N-methyl/N-ethyl adjacent to an activating group) is 1. The molecule has 23 heavy (non-hydrogen) atoms. The number of hydrogen-bond donors (Lipinski definition) is 1. The Hall–Kier alpha value is -2.41. The summed E-state index contributed by atoms with van der Waals surface area (Å²) in [5, 5.41) is 14.9. The molecule has 1 saturated heterocycles. The van der Waals surface area contributed by atoms with Crippen LogP contribution >= 0.6 is 0 Å². The third-order valence-electron chi connectivity index (χ3n) is 4.12. The number of carbonyl (C=O) groups is 1. The Bertz CT molecular complexity index is 687. The highest BCUT2D eigenvalue weighted by molar-refractivity contribution is 5.92. The molecule has 1 amide bonds. The molecule has 0 bridgehead atoms. The summed E-state index contributed by atoms with van der Waals surface area (Å²) in [6.07, 6.45) is 4.07. The van der Waals surface area contributed by atoms with Crippen molar-refractivity contribution in [1.82, 2.24) is 19.7 Å². The van der Waals surface area contributed by atoms with E-state index in [2.05, 4.69) is 10.1 Å². The molecule has 0 radical (unpaired) electrons. The maximum absolute atomic E-state index is 12.4. The minimum absolute atomic E-state index is 0.185. The Morgan fingerprint density at radius 3 is 2.91 bits per heavy atom. The van der Waals surface area contributed by atoms with Crippen LogP contribution in [0.2, 0.25) is 0 Å². The number of anilines is 1. The van der Waals surface area contributed by atoms with Gasteiger partial charge in [0.25, 0.3) is 5.91 Å². The molecule has 0 spiro atoms. The molecule has 0 aromatic carbocycles. The molecule has 0 saturated carbocycles. The van der Waals surface area contributed by atoms with E-state index in [0.29, 0.717) is 18.7 Å². The van der Waals surface area contributed by atoms with E-state index in [0.717, 1.165) is 12.4 Å². The van der Waals surface area contributed by atoms with Crippen molar-refractivity contribution >= 4 is 11.7 Å². The van der Waals surface area contributed by atoms with Gasteiger partial charge in [-0.2, -0.15) is 5.10 Å². The van der Waals surface area contributed by atoms with Crippen LogP contribution in [0.1, 0.15) is 16.9 Å². The summed E-state index contributed by atoms with van der Waals surface area (Å²) < 4.78 is 1.59. The lowest BCUT2D eigenvalue weighted by Crippen LogP contribution is -2.46. The third-order valence-corrected chi connectivity index (χ3v) is 4.12. The van der Waals surface area contributed by atoms with Crippen LogP contribution in [0.15, 0.2) is 36.7 Å². The second-order valence-electron chi connectivity index (χ2n) is 6.12. The van der Waals surface area contributed by atoms with Crippen molar-refractivity contribution in [3.63, 3.8) is 0 Å². The van der Waals surface area contributed by atoms with Gasteiger partial charge >= 0.3 is 0 Å². The van der Waals surface area contributed by atoms with Crippen LogP contribution < -0.4 is 4.90 Å². The van der Waals surface area contributed by atoms with Gasteiger partial charge in [-0.15, -0.1) is 0 Å². The Kier molecular flexibility index (Phi) is 4.04. The Balaban J connectivity index is 1.64. The van der Waals surface area contributed by atoms with Crippen molar-refractivity contribution in [3.8, 4) is 0 Å². The summed E-state index contributed by atoms with van der Waals surface area (Å²) in [5.74, 6) is 0.664. The van der Waals surface area contributed by atoms with Gasteiger partial charge in [-0.25, -0.2) is 4.98 Å². The molecule has 2 aromatic rings. The van der Waals surface area contributed by atoms with E-state index in [-0.39, 0.29) is 12.5 Å². The second kappa shape index (κ2) is 6.00. The fourth-order valence-electron chi connectivity index (χ4n) is 2.96. The first-order valence-corrected chi connectivity index (χ1v) is 7.60. The molecular weight excluding hydrogens is 294 g/mol. The lowest BCUT2D eigenvalue weighted by Gasteiger charge is -2.28. The zero-order valence-electron chi connectivity index (χ0n) is 13.4. The van der Waals surface area contributed by atoms with Gasteiger partial charge < -0.3 is 14.9 Å². The largest absolute Gasteiger partial charge is 0.386 e. The molecule has 0 aliphatic carbocycles. The summed E-state index contributed by atoms with van der Waals surface area (Å²) in [4.78, 5) is 20.2. The number of carbonyl (C=O) groups excluding carboxylic acids is 1. The van der Waals surface area contributed by atoms with E-state index in [9.17, 15) is 9.90 Å². The smallest absolute Gasteiger partial charge is 0.274 e. The SMILES string of the molecule is CN(CC1(O)CCN(c2ccccn2)C1)C(=O)c1ccn(C)n1. The second-order valence-corrected chi connectivity index (χ2v) is 6.12. The van der Waals surface area contributed by atoms with Crippen LogP contribution in [0.4, 0.5) is 5.82 Å². The van der Waals surface area contributed by atoms with Crippen LogP contribution in [-0.2, 0) is 7.05 Å². The molecule has 1 aliphatic heterocycles. The number of β-amino-alcohol motifs (C(OH)–C–C–N with tert-alkyl or cyclic N) is 1. The van der Waals surface area contributed by atoms with E-state index in [4.69, 9.17) is 0 Å². The molecule has 1 aliphatic rings. The molecule has 1 atom stereocenters. The normalized spacial score (nSPS) is 20.7. The van der Waals surface area contributed by atoms with Crippen LogP contribution in [0.3, 0.4) is 0 Å². The number of pyridine rings is 1. The predicted molar refractivity (Wildman–Crippen MR) is 86.2 cm³/mol. The molecule has 2 aromatic heterocycles. The number of rotatable bonds is 4. The van der Waals surface area contributed by atoms with Crippen LogP contribution in [0, 0.1) is 0 Å². The zero-order chi connectivity index (χ0) is 16.4. The van der Waals surface area contributed by atoms with E-state index < -0.39 is 5.60 Å². The number of aromatic nitrogens is 3. The van der Waals surface area contributed by atoms with Crippen molar-refractivity contribution in [1.29, 1.82) is 0 Å². The highest BCUT2D eigenvalue weighted by Gasteiger charge is 2.38. The highest BCUT2D eigenvalue weighted by Crippen LogP contribution is 2.26. The molecule has 3 rings (SSSR count). The molecule has 122 valence electrons. The minimum atomic E-state index is -0.934. The summed E-state index contributed by atoms with van der Waals surface area (Å²) in [5.41, 5.74) is -0.547. The number of nitrogens with zero attached hydrogens (tertiary/aromatic N) is 5. The lowest BCUT2D eigenvalue weighted by molar-refractivity contribution is 0.0261. The summed E-state index contributed by atoms with van der Waals surface area (Å²) >= 11 is 0. The monoisotopic (exact) mass is 315 g/mol. The lowest BCUT2D eigenvalue weighted by atomic mass is 10.0. The van der Waals surface area contributed by atoms with Crippen molar-refractivity contribution in [3.05, 3.63) is 42.4 Å². The first-order valence-electron chi connectivity index (χ1n) is 7.60. The highest BCUT2D eigenvalue weighted by atomic mass is 16.3. The molecular formula is C16H21N5O2. The Morgan fingerprint density at radius 1 is 1.43 bits per heavy atom. The van der Waals surface area contributed by atoms with E-state index in [1.807, 2.05) is 23.1 Å². The molecule has 3 heterocycles. The molecule has 1 fully saturated rings. The topological polar surface area (TPSA) is 74.5 Å². The fraction of sp³-hybridized carbons (Fsp3) is 0.438. The standard InChI is InChI=1S/C16H21N5O2/c1-19(15(22)13-6-9-20(2)18-13)11-16(23)7-10-21(12-16)14-5-3-4-8-17-14/h3-6,8-9,23H,7,10-12H2,1-2H3. The van der Waals surface area contributed by atoms with Gasteiger partial charge in [0.1, 0.15) is 17.1 Å². The van der Waals surface area contributed by atoms with Crippen LogP contribution in [-0.4, -0.2) is 63.0 Å². The van der Waals surface area contributed by atoms with E-state index in [1.165, 1.54) is 4.90 Å².